The summed E-state index contributed by atoms with van der Waals surface area (Å²) in [6.07, 6.45) is 4.41. The summed E-state index contributed by atoms with van der Waals surface area (Å²) in [5.41, 5.74) is 7.74. The van der Waals surface area contributed by atoms with E-state index in [0.717, 1.165) is 11.1 Å². The van der Waals surface area contributed by atoms with Crippen LogP contribution in [0.15, 0.2) is 18.2 Å². The van der Waals surface area contributed by atoms with Crippen molar-refractivity contribution in [2.24, 2.45) is 0 Å². The summed E-state index contributed by atoms with van der Waals surface area (Å²) in [6, 6.07) is 2.75. The zero-order valence-electron chi connectivity index (χ0n) is 10.1. The van der Waals surface area contributed by atoms with E-state index in [1.54, 1.807) is 0 Å². The van der Waals surface area contributed by atoms with Crippen molar-refractivity contribution in [1.82, 2.24) is 5.32 Å². The molecule has 3 N–H and O–H groups in total. The smallest absolute Gasteiger partial charge is 0.216 e. The minimum atomic E-state index is -0.338. The molecule has 1 aromatic rings. The molecule has 0 aromatic heterocycles. The molecule has 17 heavy (non-hydrogen) atoms. The van der Waals surface area contributed by atoms with Crippen LogP contribution in [-0.4, -0.2) is 12.5 Å². The second kappa shape index (κ2) is 6.03. The SMILES string of the molecule is CC(=O)NCCC=Cc1cc(F)cc(N)c1C. The van der Waals surface area contributed by atoms with Crippen molar-refractivity contribution in [3.05, 3.63) is 35.2 Å². The first-order valence-electron chi connectivity index (χ1n) is 5.47. The fourth-order valence-corrected chi connectivity index (χ4v) is 1.44. The third-order valence-corrected chi connectivity index (χ3v) is 2.44. The Labute approximate surface area is 101 Å². The molecular weight excluding hydrogens is 219 g/mol. The predicted octanol–water partition coefficient (Wildman–Crippen LogP) is 2.26. The zero-order valence-corrected chi connectivity index (χ0v) is 10.1. The Hall–Kier alpha value is -1.84. The number of nitrogen functional groups attached to an aromatic ring is 1. The average molecular weight is 236 g/mol. The number of carbonyl (C=O) groups is 1. The Balaban J connectivity index is 2.62. The van der Waals surface area contributed by atoms with Crippen molar-refractivity contribution in [1.29, 1.82) is 0 Å². The largest absolute Gasteiger partial charge is 0.398 e. The van der Waals surface area contributed by atoms with Gasteiger partial charge in [-0.1, -0.05) is 12.2 Å². The molecular formula is C13H17FN2O. The predicted molar refractivity (Wildman–Crippen MR) is 67.9 cm³/mol. The molecule has 0 aliphatic carbocycles. The average Bonchev–Trinajstić information content (AvgIpc) is 2.23. The molecule has 0 heterocycles. The van der Waals surface area contributed by atoms with E-state index < -0.39 is 0 Å². The van der Waals surface area contributed by atoms with Gasteiger partial charge in [-0.2, -0.15) is 0 Å². The number of nitrogens with one attached hydrogen (secondary N) is 1. The van der Waals surface area contributed by atoms with Gasteiger partial charge >= 0.3 is 0 Å². The second-order valence-electron chi connectivity index (χ2n) is 3.88. The highest BCUT2D eigenvalue weighted by Crippen LogP contribution is 2.19. The van der Waals surface area contributed by atoms with Crippen LogP contribution in [0.4, 0.5) is 10.1 Å². The fraction of sp³-hybridized carbons (Fsp3) is 0.308. The maximum absolute atomic E-state index is 13.1. The quantitative estimate of drug-likeness (QED) is 0.622. The van der Waals surface area contributed by atoms with Crippen LogP contribution in [-0.2, 0) is 4.79 Å². The van der Waals surface area contributed by atoms with Gasteiger partial charge < -0.3 is 11.1 Å². The number of anilines is 1. The summed E-state index contributed by atoms with van der Waals surface area (Å²) in [4.78, 5) is 10.6. The van der Waals surface area contributed by atoms with Gasteiger partial charge in [0.25, 0.3) is 0 Å². The molecule has 0 radical (unpaired) electrons. The molecule has 0 unspecified atom stereocenters. The van der Waals surface area contributed by atoms with E-state index in [1.807, 2.05) is 19.1 Å². The third-order valence-electron chi connectivity index (χ3n) is 2.44. The van der Waals surface area contributed by atoms with Gasteiger partial charge in [-0.05, 0) is 36.6 Å². The van der Waals surface area contributed by atoms with E-state index in [2.05, 4.69) is 5.32 Å². The van der Waals surface area contributed by atoms with Crippen LogP contribution < -0.4 is 11.1 Å². The molecule has 0 fully saturated rings. The summed E-state index contributed by atoms with van der Waals surface area (Å²) in [7, 11) is 0. The Bertz CT molecular complexity index is 441. The number of carbonyl (C=O) groups excluding carboxylic acids is 1. The molecule has 0 saturated carbocycles. The van der Waals surface area contributed by atoms with Crippen LogP contribution in [0.3, 0.4) is 0 Å². The highest BCUT2D eigenvalue weighted by molar-refractivity contribution is 5.72. The number of nitrogens with two attached hydrogens (primary N) is 1. The van der Waals surface area contributed by atoms with Crippen LogP contribution in [0.1, 0.15) is 24.5 Å². The summed E-state index contributed by atoms with van der Waals surface area (Å²) >= 11 is 0. The van der Waals surface area contributed by atoms with Crippen molar-refractivity contribution in [2.75, 3.05) is 12.3 Å². The monoisotopic (exact) mass is 236 g/mol. The highest BCUT2D eigenvalue weighted by atomic mass is 19.1. The Kier molecular flexibility index (Phi) is 4.69. The lowest BCUT2D eigenvalue weighted by Crippen LogP contribution is -2.20. The van der Waals surface area contributed by atoms with Crippen LogP contribution >= 0.6 is 0 Å². The lowest BCUT2D eigenvalue weighted by atomic mass is 10.1. The molecule has 0 aliphatic heterocycles. The molecule has 4 heteroatoms. The van der Waals surface area contributed by atoms with Crippen molar-refractivity contribution >= 4 is 17.7 Å². The normalized spacial score (nSPS) is 10.8. The number of rotatable bonds is 4. The van der Waals surface area contributed by atoms with Gasteiger partial charge in [0.1, 0.15) is 5.82 Å². The minimum Gasteiger partial charge on any atom is -0.398 e. The summed E-state index contributed by atoms with van der Waals surface area (Å²) in [6.45, 7) is 3.90. The number of amides is 1. The molecule has 0 bridgehead atoms. The lowest BCUT2D eigenvalue weighted by molar-refractivity contribution is -0.118. The molecule has 0 spiro atoms. The number of halogens is 1. The fourth-order valence-electron chi connectivity index (χ4n) is 1.44. The van der Waals surface area contributed by atoms with Gasteiger partial charge in [0.15, 0.2) is 0 Å². The van der Waals surface area contributed by atoms with E-state index in [0.29, 0.717) is 18.7 Å². The Morgan fingerprint density at radius 1 is 1.53 bits per heavy atom. The van der Waals surface area contributed by atoms with Crippen LogP contribution in [0.5, 0.6) is 0 Å². The Morgan fingerprint density at radius 2 is 2.24 bits per heavy atom. The van der Waals surface area contributed by atoms with Crippen molar-refractivity contribution < 1.29 is 9.18 Å². The maximum atomic E-state index is 13.1. The van der Waals surface area contributed by atoms with Gasteiger partial charge in [0.05, 0.1) is 0 Å². The molecule has 3 nitrogen and oxygen atoms in total. The Morgan fingerprint density at radius 3 is 2.88 bits per heavy atom. The van der Waals surface area contributed by atoms with Crippen LogP contribution in [0, 0.1) is 12.7 Å². The molecule has 92 valence electrons. The standard InChI is InChI=1S/C13H17FN2O/c1-9-11(7-12(14)8-13(9)15)5-3-4-6-16-10(2)17/h3,5,7-8H,4,6,15H2,1-2H3,(H,16,17). The highest BCUT2D eigenvalue weighted by Gasteiger charge is 2.01. The minimum absolute atomic E-state index is 0.0513. The zero-order chi connectivity index (χ0) is 12.8. The van der Waals surface area contributed by atoms with E-state index >= 15 is 0 Å². The van der Waals surface area contributed by atoms with Gasteiger partial charge in [0.2, 0.25) is 5.91 Å². The van der Waals surface area contributed by atoms with E-state index in [1.165, 1.54) is 19.1 Å². The lowest BCUT2D eigenvalue weighted by Gasteiger charge is -2.05. The van der Waals surface area contributed by atoms with Crippen LogP contribution in [0.2, 0.25) is 0 Å². The first kappa shape index (κ1) is 13.2. The van der Waals surface area contributed by atoms with E-state index in [9.17, 15) is 9.18 Å². The van der Waals surface area contributed by atoms with Crippen molar-refractivity contribution in [3.63, 3.8) is 0 Å². The molecule has 1 aromatic carbocycles. The van der Waals surface area contributed by atoms with E-state index in [-0.39, 0.29) is 11.7 Å². The second-order valence-corrected chi connectivity index (χ2v) is 3.88. The summed E-state index contributed by atoms with van der Waals surface area (Å²) in [5, 5.41) is 2.68. The molecule has 1 amide bonds. The topological polar surface area (TPSA) is 55.1 Å². The molecule has 0 saturated heterocycles. The van der Waals surface area contributed by atoms with Gasteiger partial charge in [-0.3, -0.25) is 4.79 Å². The number of hydrogen-bond acceptors (Lipinski definition) is 2. The molecule has 0 aliphatic rings. The van der Waals surface area contributed by atoms with Crippen molar-refractivity contribution in [3.8, 4) is 0 Å². The first-order valence-corrected chi connectivity index (χ1v) is 5.47. The van der Waals surface area contributed by atoms with Gasteiger partial charge in [-0.15, -0.1) is 0 Å². The van der Waals surface area contributed by atoms with Gasteiger partial charge in [0, 0.05) is 19.2 Å². The molecule has 1 rings (SSSR count). The van der Waals surface area contributed by atoms with Crippen LogP contribution in [0.25, 0.3) is 6.08 Å². The van der Waals surface area contributed by atoms with Gasteiger partial charge in [-0.25, -0.2) is 4.39 Å². The summed E-state index contributed by atoms with van der Waals surface area (Å²) < 4.78 is 13.1. The molecule has 0 atom stereocenters. The number of hydrogen-bond donors (Lipinski definition) is 2. The van der Waals surface area contributed by atoms with Crippen molar-refractivity contribution in [2.45, 2.75) is 20.3 Å². The third kappa shape index (κ3) is 4.26. The maximum Gasteiger partial charge on any atom is 0.216 e. The summed E-state index contributed by atoms with van der Waals surface area (Å²) in [5.74, 6) is -0.390. The number of benzene rings is 1. The first-order chi connectivity index (χ1) is 8.00. The van der Waals surface area contributed by atoms with E-state index in [4.69, 9.17) is 5.73 Å².